The summed E-state index contributed by atoms with van der Waals surface area (Å²) in [4.78, 5) is 27.8. The van der Waals surface area contributed by atoms with Crippen LogP contribution in [0.4, 0.5) is 0 Å². The Kier molecular flexibility index (Phi) is 6.88. The van der Waals surface area contributed by atoms with E-state index in [1.165, 1.54) is 0 Å². The number of rotatable bonds is 7. The first-order valence-electron chi connectivity index (χ1n) is 9.80. The average molecular weight is 396 g/mol. The van der Waals surface area contributed by atoms with Crippen molar-refractivity contribution in [1.29, 1.82) is 0 Å². The Hall–Kier alpha value is -2.86. The van der Waals surface area contributed by atoms with E-state index in [0.717, 1.165) is 11.1 Å². The predicted molar refractivity (Wildman–Crippen MR) is 111 cm³/mol. The second kappa shape index (κ2) is 9.56. The Morgan fingerprint density at radius 1 is 1.10 bits per heavy atom. The molecule has 0 bridgehead atoms. The zero-order valence-electron chi connectivity index (χ0n) is 17.2. The maximum atomic E-state index is 13.1. The highest BCUT2D eigenvalue weighted by atomic mass is 16.5. The van der Waals surface area contributed by atoms with Crippen LogP contribution in [0.15, 0.2) is 48.5 Å². The number of amides is 2. The van der Waals surface area contributed by atoms with Crippen LogP contribution in [0.5, 0.6) is 5.75 Å². The topological polar surface area (TPSA) is 67.9 Å². The second-order valence-corrected chi connectivity index (χ2v) is 7.30. The molecule has 0 aliphatic carbocycles. The molecule has 1 N–H and O–H groups in total. The molecule has 1 aliphatic rings. The minimum absolute atomic E-state index is 0.0451. The van der Waals surface area contributed by atoms with Gasteiger partial charge in [-0.3, -0.25) is 9.59 Å². The number of carbonyl (C=O) groups excluding carboxylic acids is 2. The van der Waals surface area contributed by atoms with Gasteiger partial charge in [0.25, 0.3) is 5.91 Å². The van der Waals surface area contributed by atoms with Gasteiger partial charge in [0.05, 0.1) is 19.6 Å². The zero-order valence-corrected chi connectivity index (χ0v) is 17.2. The lowest BCUT2D eigenvalue weighted by Crippen LogP contribution is -2.37. The van der Waals surface area contributed by atoms with Crippen LogP contribution in [-0.4, -0.2) is 57.2 Å². The van der Waals surface area contributed by atoms with Gasteiger partial charge in [0, 0.05) is 38.2 Å². The normalized spacial score (nSPS) is 18.5. The fourth-order valence-corrected chi connectivity index (χ4v) is 3.90. The first-order chi connectivity index (χ1) is 14.0. The van der Waals surface area contributed by atoms with Gasteiger partial charge >= 0.3 is 0 Å². The fourth-order valence-electron chi connectivity index (χ4n) is 3.90. The van der Waals surface area contributed by atoms with E-state index in [-0.39, 0.29) is 23.7 Å². The van der Waals surface area contributed by atoms with Gasteiger partial charge in [-0.05, 0) is 36.2 Å². The van der Waals surface area contributed by atoms with E-state index in [0.29, 0.717) is 37.6 Å². The molecule has 0 radical (unpaired) electrons. The smallest absolute Gasteiger partial charge is 0.254 e. The average Bonchev–Trinajstić information content (AvgIpc) is 3.19. The Morgan fingerprint density at radius 2 is 1.90 bits per heavy atom. The molecular weight excluding hydrogens is 368 g/mol. The number of ether oxygens (including phenoxy) is 2. The molecule has 0 saturated carbocycles. The Bertz CT molecular complexity index is 867. The van der Waals surface area contributed by atoms with Crippen LogP contribution in [0.25, 0.3) is 0 Å². The Morgan fingerprint density at radius 3 is 2.62 bits per heavy atom. The summed E-state index contributed by atoms with van der Waals surface area (Å²) in [6, 6.07) is 15.2. The van der Waals surface area contributed by atoms with Crippen molar-refractivity contribution in [3.8, 4) is 5.75 Å². The highest BCUT2D eigenvalue weighted by molar-refractivity contribution is 5.95. The van der Waals surface area contributed by atoms with Gasteiger partial charge < -0.3 is 19.7 Å². The van der Waals surface area contributed by atoms with E-state index in [4.69, 9.17) is 9.47 Å². The molecule has 1 saturated heterocycles. The third kappa shape index (κ3) is 4.77. The van der Waals surface area contributed by atoms with Gasteiger partial charge in [-0.2, -0.15) is 0 Å². The number of methoxy groups -OCH3 is 2. The fraction of sp³-hybridized carbons (Fsp3) is 0.391. The third-order valence-corrected chi connectivity index (χ3v) is 5.45. The van der Waals surface area contributed by atoms with Crippen LogP contribution in [0.3, 0.4) is 0 Å². The third-order valence-electron chi connectivity index (χ3n) is 5.45. The summed E-state index contributed by atoms with van der Waals surface area (Å²) < 4.78 is 10.3. The van der Waals surface area contributed by atoms with E-state index in [9.17, 15) is 9.59 Å². The monoisotopic (exact) mass is 396 g/mol. The molecule has 2 atom stereocenters. The molecular formula is C23H28N2O4. The molecule has 0 spiro atoms. The molecule has 0 unspecified atom stereocenters. The Balaban J connectivity index is 1.84. The molecule has 1 heterocycles. The van der Waals surface area contributed by atoms with Gasteiger partial charge in [-0.25, -0.2) is 0 Å². The minimum atomic E-state index is -0.303. The van der Waals surface area contributed by atoms with Crippen LogP contribution in [0.1, 0.15) is 27.4 Å². The van der Waals surface area contributed by atoms with Crippen LogP contribution in [-0.2, 0) is 9.53 Å². The van der Waals surface area contributed by atoms with Crippen molar-refractivity contribution in [3.05, 3.63) is 65.2 Å². The molecule has 154 valence electrons. The van der Waals surface area contributed by atoms with Gasteiger partial charge in [0.15, 0.2) is 0 Å². The molecule has 3 rings (SSSR count). The number of carbonyl (C=O) groups is 2. The molecule has 6 heteroatoms. The number of aryl methyl sites for hydroxylation is 1. The number of hydrogen-bond donors (Lipinski definition) is 1. The molecule has 1 fully saturated rings. The van der Waals surface area contributed by atoms with Crippen LogP contribution in [0, 0.1) is 12.8 Å². The van der Waals surface area contributed by atoms with Crippen molar-refractivity contribution in [2.45, 2.75) is 12.8 Å². The van der Waals surface area contributed by atoms with Crippen molar-refractivity contribution in [2.75, 3.05) is 40.5 Å². The maximum Gasteiger partial charge on any atom is 0.254 e. The lowest BCUT2D eigenvalue weighted by atomic mass is 9.86. The van der Waals surface area contributed by atoms with Gasteiger partial charge in [0.1, 0.15) is 5.75 Å². The van der Waals surface area contributed by atoms with Crippen molar-refractivity contribution < 1.29 is 19.1 Å². The lowest BCUT2D eigenvalue weighted by molar-refractivity contribution is -0.125. The van der Waals surface area contributed by atoms with Crippen molar-refractivity contribution in [1.82, 2.24) is 10.2 Å². The molecule has 0 aromatic heterocycles. The lowest BCUT2D eigenvalue weighted by Gasteiger charge is -2.19. The molecule has 1 aliphatic heterocycles. The van der Waals surface area contributed by atoms with Crippen molar-refractivity contribution in [3.63, 3.8) is 0 Å². The number of likely N-dealkylation sites (tertiary alicyclic amines) is 1. The maximum absolute atomic E-state index is 13.1. The standard InChI is InChI=1S/C23H28N2O4/c1-16-7-4-5-10-19(16)20-14-25(15-21(20)22(26)24-11-12-28-2)23(27)17-8-6-9-18(13-17)29-3/h4-10,13,20-21H,11-12,14-15H2,1-3H3,(H,24,26)/t20-,21+/m1/s1. The summed E-state index contributed by atoms with van der Waals surface area (Å²) >= 11 is 0. The molecule has 2 aromatic rings. The summed E-state index contributed by atoms with van der Waals surface area (Å²) in [7, 11) is 3.18. The van der Waals surface area contributed by atoms with E-state index < -0.39 is 0 Å². The van der Waals surface area contributed by atoms with E-state index in [1.807, 2.05) is 31.2 Å². The number of nitrogens with zero attached hydrogens (tertiary/aromatic N) is 1. The summed E-state index contributed by atoms with van der Waals surface area (Å²) in [6.45, 7) is 3.84. The van der Waals surface area contributed by atoms with Gasteiger partial charge in [0.2, 0.25) is 5.91 Å². The highest BCUT2D eigenvalue weighted by Crippen LogP contribution is 2.35. The van der Waals surface area contributed by atoms with Crippen molar-refractivity contribution >= 4 is 11.8 Å². The van der Waals surface area contributed by atoms with Crippen LogP contribution >= 0.6 is 0 Å². The number of benzene rings is 2. The first kappa shape index (κ1) is 20.9. The molecule has 6 nitrogen and oxygen atoms in total. The van der Waals surface area contributed by atoms with Crippen LogP contribution in [0.2, 0.25) is 0 Å². The SMILES string of the molecule is COCCNC(=O)[C@H]1CN(C(=O)c2cccc(OC)c2)C[C@@H]1c1ccccc1C. The second-order valence-electron chi connectivity index (χ2n) is 7.30. The zero-order chi connectivity index (χ0) is 20.8. The number of nitrogens with one attached hydrogen (secondary N) is 1. The quantitative estimate of drug-likeness (QED) is 0.731. The largest absolute Gasteiger partial charge is 0.497 e. The van der Waals surface area contributed by atoms with Gasteiger partial charge in [-0.1, -0.05) is 30.3 Å². The van der Waals surface area contributed by atoms with E-state index in [1.54, 1.807) is 37.3 Å². The predicted octanol–water partition coefficient (Wildman–Crippen LogP) is 2.62. The summed E-state index contributed by atoms with van der Waals surface area (Å²) in [5, 5.41) is 2.94. The first-order valence-corrected chi connectivity index (χ1v) is 9.80. The molecule has 29 heavy (non-hydrogen) atoms. The van der Waals surface area contributed by atoms with E-state index >= 15 is 0 Å². The summed E-state index contributed by atoms with van der Waals surface area (Å²) in [5.41, 5.74) is 2.80. The van der Waals surface area contributed by atoms with Gasteiger partial charge in [-0.15, -0.1) is 0 Å². The summed E-state index contributed by atoms with van der Waals surface area (Å²) in [5.74, 6) is 0.154. The van der Waals surface area contributed by atoms with E-state index in [2.05, 4.69) is 11.4 Å². The molecule has 2 amide bonds. The molecule has 2 aromatic carbocycles. The Labute approximate surface area is 171 Å². The summed E-state index contributed by atoms with van der Waals surface area (Å²) in [6.07, 6.45) is 0. The van der Waals surface area contributed by atoms with Crippen molar-refractivity contribution in [2.24, 2.45) is 5.92 Å². The van der Waals surface area contributed by atoms with Crippen LogP contribution < -0.4 is 10.1 Å². The number of hydrogen-bond acceptors (Lipinski definition) is 4. The minimum Gasteiger partial charge on any atom is -0.497 e. The highest BCUT2D eigenvalue weighted by Gasteiger charge is 2.41.